The van der Waals surface area contributed by atoms with Crippen LogP contribution in [0.25, 0.3) is 0 Å². The highest BCUT2D eigenvalue weighted by molar-refractivity contribution is 5.91. The van der Waals surface area contributed by atoms with Crippen molar-refractivity contribution in [1.82, 2.24) is 19.4 Å². The van der Waals surface area contributed by atoms with Gasteiger partial charge in [-0.25, -0.2) is 9.78 Å². The molecule has 2 aliphatic heterocycles. The minimum atomic E-state index is -5.08. The van der Waals surface area contributed by atoms with Gasteiger partial charge in [0.25, 0.3) is 5.91 Å². The summed E-state index contributed by atoms with van der Waals surface area (Å²) in [5, 5.41) is 7.12. The van der Waals surface area contributed by atoms with Crippen molar-refractivity contribution in [2.75, 3.05) is 26.2 Å². The van der Waals surface area contributed by atoms with Crippen LogP contribution in [0, 0.1) is 5.92 Å². The minimum absolute atomic E-state index is 0.0904. The van der Waals surface area contributed by atoms with Gasteiger partial charge in [0, 0.05) is 51.2 Å². The summed E-state index contributed by atoms with van der Waals surface area (Å²) >= 11 is 0. The number of hydrogen-bond donors (Lipinski definition) is 1. The van der Waals surface area contributed by atoms with Gasteiger partial charge in [0.2, 0.25) is 0 Å². The fourth-order valence-electron chi connectivity index (χ4n) is 3.69. The van der Waals surface area contributed by atoms with E-state index in [1.807, 2.05) is 22.7 Å². The molecule has 1 atom stereocenters. The second-order valence-corrected chi connectivity index (χ2v) is 7.51. The summed E-state index contributed by atoms with van der Waals surface area (Å²) in [5.74, 6) is -1.17. The summed E-state index contributed by atoms with van der Waals surface area (Å²) in [7, 11) is 1.88. The number of carbonyl (C=O) groups excluding carboxylic acids is 1. The highest BCUT2D eigenvalue weighted by Crippen LogP contribution is 2.42. The van der Waals surface area contributed by atoms with E-state index in [2.05, 4.69) is 9.88 Å². The molecular formula is C17H23F3N4O3. The van der Waals surface area contributed by atoms with E-state index < -0.39 is 12.1 Å². The smallest absolute Gasteiger partial charge is 0.475 e. The molecule has 7 nitrogen and oxygen atoms in total. The standard InChI is InChI=1S/C15H22N4O.C2HF3O2/c1-17-9-6-16-13(17)14(20)18-7-4-15(11-18)5-8-19(15)10-12-2-3-12;3-2(4,5)1(6)7/h6,9,12H,2-5,7-8,10-11H2,1H3;(H,6,7). The Labute approximate surface area is 154 Å². The van der Waals surface area contributed by atoms with Crippen molar-refractivity contribution in [3.8, 4) is 0 Å². The van der Waals surface area contributed by atoms with E-state index in [0.717, 1.165) is 25.4 Å². The van der Waals surface area contributed by atoms with Crippen LogP contribution in [0.15, 0.2) is 12.4 Å². The van der Waals surface area contributed by atoms with Crippen molar-refractivity contribution >= 4 is 11.9 Å². The predicted molar refractivity (Wildman–Crippen MR) is 89.1 cm³/mol. The molecule has 1 aromatic heterocycles. The molecule has 150 valence electrons. The number of amides is 1. The first kappa shape index (κ1) is 19.7. The van der Waals surface area contributed by atoms with Crippen LogP contribution >= 0.6 is 0 Å². The molecule has 1 N–H and O–H groups in total. The average molecular weight is 388 g/mol. The zero-order valence-electron chi connectivity index (χ0n) is 15.1. The maximum Gasteiger partial charge on any atom is 0.490 e. The van der Waals surface area contributed by atoms with Crippen molar-refractivity contribution < 1.29 is 27.9 Å². The van der Waals surface area contributed by atoms with Gasteiger partial charge in [-0.05, 0) is 31.6 Å². The number of carboxylic acid groups (broad SMARTS) is 1. The molecule has 1 unspecified atom stereocenters. The van der Waals surface area contributed by atoms with E-state index in [1.54, 1.807) is 6.20 Å². The van der Waals surface area contributed by atoms with Crippen LogP contribution in [-0.2, 0) is 11.8 Å². The number of halogens is 3. The van der Waals surface area contributed by atoms with Crippen LogP contribution in [-0.4, -0.2) is 74.2 Å². The molecule has 4 rings (SSSR count). The molecular weight excluding hydrogens is 365 g/mol. The number of carboxylic acids is 1. The number of rotatable bonds is 3. The Morgan fingerprint density at radius 2 is 1.93 bits per heavy atom. The number of aromatic nitrogens is 2. The number of nitrogens with zero attached hydrogens (tertiary/aromatic N) is 4. The summed E-state index contributed by atoms with van der Waals surface area (Å²) in [6.07, 6.45) is 3.65. The molecule has 1 aliphatic carbocycles. The Kier molecular flexibility index (Phi) is 5.20. The molecule has 1 amide bonds. The lowest BCUT2D eigenvalue weighted by Crippen LogP contribution is -2.61. The van der Waals surface area contributed by atoms with E-state index in [0.29, 0.717) is 11.4 Å². The normalized spacial score (nSPS) is 25.1. The molecule has 0 radical (unpaired) electrons. The van der Waals surface area contributed by atoms with Crippen molar-refractivity contribution in [3.63, 3.8) is 0 Å². The largest absolute Gasteiger partial charge is 0.490 e. The van der Waals surface area contributed by atoms with Gasteiger partial charge >= 0.3 is 12.1 Å². The van der Waals surface area contributed by atoms with E-state index >= 15 is 0 Å². The molecule has 1 saturated carbocycles. The predicted octanol–water partition coefficient (Wildman–Crippen LogP) is 1.75. The molecule has 1 spiro atoms. The second kappa shape index (κ2) is 7.14. The lowest BCUT2D eigenvalue weighted by atomic mass is 9.83. The van der Waals surface area contributed by atoms with Crippen LogP contribution in [0.1, 0.15) is 36.3 Å². The quantitative estimate of drug-likeness (QED) is 0.854. The Morgan fingerprint density at radius 1 is 1.30 bits per heavy atom. The average Bonchev–Trinajstić information content (AvgIpc) is 3.11. The zero-order valence-corrected chi connectivity index (χ0v) is 15.1. The molecule has 3 aliphatic rings. The van der Waals surface area contributed by atoms with Gasteiger partial charge in [0.05, 0.1) is 0 Å². The fraction of sp³-hybridized carbons (Fsp3) is 0.706. The van der Waals surface area contributed by atoms with E-state index in [4.69, 9.17) is 9.90 Å². The fourth-order valence-corrected chi connectivity index (χ4v) is 3.69. The zero-order chi connectivity index (χ0) is 19.8. The van der Waals surface area contributed by atoms with E-state index in [1.165, 1.54) is 32.4 Å². The monoisotopic (exact) mass is 388 g/mol. The second-order valence-electron chi connectivity index (χ2n) is 7.51. The molecule has 3 heterocycles. The Morgan fingerprint density at radius 3 is 2.37 bits per heavy atom. The van der Waals surface area contributed by atoms with Crippen molar-refractivity contribution in [2.45, 2.75) is 37.4 Å². The molecule has 1 aromatic rings. The molecule has 2 saturated heterocycles. The maximum atomic E-state index is 12.5. The van der Waals surface area contributed by atoms with E-state index in [9.17, 15) is 18.0 Å². The molecule has 0 bridgehead atoms. The molecule has 10 heteroatoms. The number of imidazole rings is 1. The van der Waals surface area contributed by atoms with Crippen molar-refractivity contribution in [3.05, 3.63) is 18.2 Å². The number of alkyl halides is 3. The van der Waals surface area contributed by atoms with Gasteiger partial charge in [-0.15, -0.1) is 0 Å². The van der Waals surface area contributed by atoms with Gasteiger partial charge < -0.3 is 14.6 Å². The lowest BCUT2D eigenvalue weighted by Gasteiger charge is -2.51. The summed E-state index contributed by atoms with van der Waals surface area (Å²) in [6, 6.07) is 0. The molecule has 0 aromatic carbocycles. The van der Waals surface area contributed by atoms with E-state index in [-0.39, 0.29) is 5.91 Å². The Balaban J connectivity index is 0.000000260. The molecule has 27 heavy (non-hydrogen) atoms. The third-order valence-corrected chi connectivity index (χ3v) is 5.57. The Bertz CT molecular complexity index is 717. The number of carbonyl (C=O) groups is 2. The first-order valence-corrected chi connectivity index (χ1v) is 8.94. The topological polar surface area (TPSA) is 78.7 Å². The van der Waals surface area contributed by atoms with Crippen LogP contribution in [0.5, 0.6) is 0 Å². The van der Waals surface area contributed by atoms with Gasteiger partial charge in [-0.1, -0.05) is 0 Å². The molecule has 3 fully saturated rings. The van der Waals surface area contributed by atoms with Gasteiger partial charge in [0.1, 0.15) is 0 Å². The number of likely N-dealkylation sites (tertiary alicyclic amines) is 2. The first-order valence-electron chi connectivity index (χ1n) is 8.94. The van der Waals surface area contributed by atoms with Crippen LogP contribution in [0.4, 0.5) is 13.2 Å². The third kappa shape index (κ3) is 4.26. The third-order valence-electron chi connectivity index (χ3n) is 5.57. The summed E-state index contributed by atoms with van der Waals surface area (Å²) in [4.78, 5) is 30.2. The van der Waals surface area contributed by atoms with Gasteiger partial charge in [0.15, 0.2) is 5.82 Å². The van der Waals surface area contributed by atoms with Crippen LogP contribution in [0.3, 0.4) is 0 Å². The summed E-state index contributed by atoms with van der Waals surface area (Å²) < 4.78 is 33.6. The number of hydrogen-bond acceptors (Lipinski definition) is 4. The van der Waals surface area contributed by atoms with Gasteiger partial charge in [-0.2, -0.15) is 13.2 Å². The summed E-state index contributed by atoms with van der Waals surface area (Å²) in [5.41, 5.74) is 0.295. The van der Waals surface area contributed by atoms with Crippen molar-refractivity contribution in [2.24, 2.45) is 13.0 Å². The summed E-state index contributed by atoms with van der Waals surface area (Å²) in [6.45, 7) is 4.25. The van der Waals surface area contributed by atoms with Gasteiger partial charge in [-0.3, -0.25) is 9.69 Å². The first-order chi connectivity index (χ1) is 12.6. The van der Waals surface area contributed by atoms with Crippen LogP contribution < -0.4 is 0 Å². The number of aryl methyl sites for hydroxylation is 1. The van der Waals surface area contributed by atoms with Crippen LogP contribution in [0.2, 0.25) is 0 Å². The minimum Gasteiger partial charge on any atom is -0.475 e. The Hall–Kier alpha value is -2.10. The van der Waals surface area contributed by atoms with Crippen molar-refractivity contribution in [1.29, 1.82) is 0 Å². The number of aliphatic carboxylic acids is 1. The highest BCUT2D eigenvalue weighted by Gasteiger charge is 2.51. The lowest BCUT2D eigenvalue weighted by molar-refractivity contribution is -0.192. The maximum absolute atomic E-state index is 12.5. The highest BCUT2D eigenvalue weighted by atomic mass is 19.4. The SMILES string of the molecule is Cn1ccnc1C(=O)N1CCC2(CCN2CC2CC2)C1.O=C(O)C(F)(F)F.